The Balaban J connectivity index is 0.000000637. The van der Waals surface area contributed by atoms with Crippen LogP contribution in [0.25, 0.3) is 43.1 Å². The maximum Gasteiger partial charge on any atom is 0.242 e. The van der Waals surface area contributed by atoms with Crippen molar-refractivity contribution in [1.29, 1.82) is 10.5 Å². The van der Waals surface area contributed by atoms with Crippen LogP contribution in [0.15, 0.2) is 97.1 Å². The van der Waals surface area contributed by atoms with Gasteiger partial charge in [0, 0.05) is 109 Å². The average molecular weight is 1580 g/mol. The summed E-state index contributed by atoms with van der Waals surface area (Å²) < 4.78 is 51.1. The summed E-state index contributed by atoms with van der Waals surface area (Å²) in [5, 5.41) is 39.0. The van der Waals surface area contributed by atoms with Crippen LogP contribution in [0.5, 0.6) is 46.0 Å². The van der Waals surface area contributed by atoms with E-state index in [0.29, 0.717) is 75.7 Å². The van der Waals surface area contributed by atoms with Crippen molar-refractivity contribution in [3.8, 4) is 58.1 Å². The number of benzene rings is 8. The molecule has 0 radical (unpaired) electrons. The van der Waals surface area contributed by atoms with Crippen molar-refractivity contribution >= 4 is 182 Å². The first-order valence-corrected chi connectivity index (χ1v) is 38.0. The lowest BCUT2D eigenvalue weighted by atomic mass is 9.78. The second-order valence-corrected chi connectivity index (χ2v) is 30.2. The molecule has 0 aliphatic carbocycles. The largest absolute Gasteiger partial charge is 0.493 e. The Labute approximate surface area is 641 Å². The molecule has 0 saturated heterocycles. The molecule has 5 aliphatic rings. The number of hydrogen-bond donors (Lipinski definition) is 4. The fourth-order valence-electron chi connectivity index (χ4n) is 13.0. The van der Waals surface area contributed by atoms with Crippen LogP contribution in [0.3, 0.4) is 0 Å². The van der Waals surface area contributed by atoms with E-state index in [1.807, 2.05) is 0 Å². The van der Waals surface area contributed by atoms with E-state index in [9.17, 15) is 0 Å². The summed E-state index contributed by atoms with van der Waals surface area (Å²) in [7, 11) is 0. The first-order valence-electron chi connectivity index (χ1n) is 33.3. The molecule has 0 atom stereocenters. The number of ether oxygens (including phenoxy) is 8. The van der Waals surface area contributed by atoms with Crippen molar-refractivity contribution in [3.63, 3.8) is 0 Å². The predicted octanol–water partition coefficient (Wildman–Crippen LogP) is 21.9. The van der Waals surface area contributed by atoms with Gasteiger partial charge >= 0.3 is 0 Å². The van der Waals surface area contributed by atoms with Crippen LogP contribution in [0.2, 0.25) is 0 Å². The van der Waals surface area contributed by atoms with Gasteiger partial charge in [0.1, 0.15) is 46.0 Å². The summed E-state index contributed by atoms with van der Waals surface area (Å²) >= 11 is 55.7. The van der Waals surface area contributed by atoms with Gasteiger partial charge in [0.05, 0.1) is 38.6 Å². The summed E-state index contributed by atoms with van der Waals surface area (Å²) in [5.41, 5.74) is 8.68. The predicted molar refractivity (Wildman–Crippen MR) is 420 cm³/mol. The summed E-state index contributed by atoms with van der Waals surface area (Å²) in [6, 6.07) is 38.0. The Bertz CT molecular complexity index is 3700. The third kappa shape index (κ3) is 20.3. The summed E-state index contributed by atoms with van der Waals surface area (Å²) in [5.74, 6) is 6.55. The first kappa shape index (κ1) is 79.9. The second-order valence-electron chi connectivity index (χ2n) is 23.4. The third-order valence-electron chi connectivity index (χ3n) is 17.1. The number of halogens is 9. The normalized spacial score (nSPS) is 16.5. The number of hydrogen-bond acceptors (Lipinski definition) is 12. The van der Waals surface area contributed by atoms with Crippen molar-refractivity contribution in [2.45, 2.75) is 169 Å². The number of thiocarbonyl (C=S) groups is 2. The number of nitrogens with one attached hydrogen (secondary N) is 4. The SMILES string of the molecule is CC#N.CC#N.CCCCOc1ccc2c3c4ccc2c1CNC(=S)NCc1c(OCCCC)ccc2c5c(ccc12)OC1CC5c2c(ccc5c(c(OCCCC)ccc25)CNC(=S)NCc2c(OCCCC)ccc5c6c(ccc25)OC(CC36)O4)O1.ClC(Cl)Cl.ClC(Cl)Cl.ClC(Cl)Cl. The van der Waals surface area contributed by atoms with Crippen molar-refractivity contribution in [3.05, 3.63) is 142 Å². The van der Waals surface area contributed by atoms with E-state index in [2.05, 4.69) is 146 Å². The van der Waals surface area contributed by atoms with E-state index < -0.39 is 25.5 Å². The Hall–Kier alpha value is -5.83. The average Bonchev–Trinajstić information content (AvgIpc) is 0.728. The molecule has 13 rings (SSSR count). The van der Waals surface area contributed by atoms with Gasteiger partial charge in [-0.2, -0.15) is 10.5 Å². The standard InChI is InChI=1S/C68H72N4O8S2.2C2H3N.3CHCl3/c1-5-9-29-73-53-21-17-43-39-13-25-57-63(43)47-33-61(77-57)78-58-26-14-40-44(64(47)58)18-22-55(75-31-11-7-3)51(40)37-71-68(82)72-38-52-42-16-28-60-66(46(42)20-24-56(52)76-32-12-8-4)48-34-62(80-60)79-59-27-15-41-45(65(48)59)19-23-54(74-30-10-6-2)50(41)36-70-67(81)69-35-49(39)53;2*1-2-3;3*2-1(3)4/h13-28,47-48,61-62H,5-12,29-38H2,1-4H3,(H2,69,70,81)(H2,71,72,82);2*1H3;3*1H. The van der Waals surface area contributed by atoms with Crippen LogP contribution < -0.4 is 59.2 Å². The molecule has 8 aromatic carbocycles. The lowest BCUT2D eigenvalue weighted by molar-refractivity contribution is -0.0259. The van der Waals surface area contributed by atoms with E-state index >= 15 is 0 Å². The fourth-order valence-corrected chi connectivity index (χ4v) is 13.3. The Morgan fingerprint density at radius 1 is 0.380 bits per heavy atom. The van der Waals surface area contributed by atoms with Crippen molar-refractivity contribution < 1.29 is 37.9 Å². The van der Waals surface area contributed by atoms with Gasteiger partial charge in [-0.25, -0.2) is 0 Å². The Kier molecular flexibility index (Phi) is 31.7. The molecule has 0 fully saturated rings. The van der Waals surface area contributed by atoms with E-state index in [0.717, 1.165) is 185 Å². The van der Waals surface area contributed by atoms with Crippen LogP contribution in [0.4, 0.5) is 0 Å². The minimum Gasteiger partial charge on any atom is -0.493 e. The molecule has 25 heteroatoms. The van der Waals surface area contributed by atoms with Crippen LogP contribution in [0.1, 0.15) is 162 Å². The highest BCUT2D eigenvalue weighted by molar-refractivity contribution is 7.80. The molecular weight excluding hydrogens is 1500 g/mol. The van der Waals surface area contributed by atoms with Crippen molar-refractivity contribution in [1.82, 2.24) is 21.3 Å². The first-order chi connectivity index (χ1) is 48.3. The van der Waals surface area contributed by atoms with E-state index in [1.165, 1.54) is 13.8 Å². The minimum atomic E-state index is -0.750. The molecule has 5 aliphatic heterocycles. The highest BCUT2D eigenvalue weighted by atomic mass is 35.6. The molecule has 8 aromatic rings. The van der Waals surface area contributed by atoms with Crippen molar-refractivity contribution in [2.24, 2.45) is 0 Å². The number of nitriles is 2. The number of rotatable bonds is 16. The monoisotopic (exact) mass is 1570 g/mol. The molecule has 0 saturated carbocycles. The number of alkyl halides is 9. The summed E-state index contributed by atoms with van der Waals surface area (Å²) in [6.07, 6.45) is 8.34. The molecule has 0 amide bonds. The second kappa shape index (κ2) is 39.7. The van der Waals surface area contributed by atoms with E-state index in [4.69, 9.17) is 177 Å². The molecule has 0 spiro atoms. The van der Waals surface area contributed by atoms with Gasteiger partial charge in [0.15, 0.2) is 23.1 Å². The van der Waals surface area contributed by atoms with E-state index in [-0.39, 0.29) is 11.8 Å². The molecule has 5 heterocycles. The maximum atomic E-state index is 7.32. The molecule has 0 unspecified atom stereocenters. The van der Waals surface area contributed by atoms with Gasteiger partial charge < -0.3 is 59.2 Å². The van der Waals surface area contributed by atoms with Gasteiger partial charge in [-0.05, 0) is 142 Å². The lowest BCUT2D eigenvalue weighted by Gasteiger charge is -2.39. The zero-order chi connectivity index (χ0) is 72.0. The smallest absolute Gasteiger partial charge is 0.242 e. The van der Waals surface area contributed by atoms with Crippen LogP contribution in [-0.2, 0) is 26.2 Å². The zero-order valence-corrected chi connectivity index (χ0v) is 64.8. The number of fused-ring (bicyclic) bond motifs is 2. The van der Waals surface area contributed by atoms with Gasteiger partial charge in [-0.1, -0.05) is 206 Å². The molecule has 14 nitrogen and oxygen atoms in total. The summed E-state index contributed by atoms with van der Waals surface area (Å²) in [4.78, 5) is 0. The quantitative estimate of drug-likeness (QED) is 0.0409. The molecule has 534 valence electrons. The fraction of sp³-hybridized carbons (Fsp3) is 0.413. The third-order valence-corrected chi connectivity index (χ3v) is 17.7. The van der Waals surface area contributed by atoms with Crippen LogP contribution >= 0.6 is 129 Å². The van der Waals surface area contributed by atoms with Crippen molar-refractivity contribution in [2.75, 3.05) is 26.4 Å². The molecule has 20 bridgehead atoms. The lowest BCUT2D eigenvalue weighted by Crippen LogP contribution is -2.36. The van der Waals surface area contributed by atoms with Gasteiger partial charge in [0.2, 0.25) is 12.6 Å². The number of unbranched alkanes of at least 4 members (excludes halogenated alkanes) is 4. The molecule has 4 N–H and O–H groups in total. The highest BCUT2D eigenvalue weighted by Crippen LogP contribution is 2.55. The van der Waals surface area contributed by atoms with Gasteiger partial charge in [0.25, 0.3) is 0 Å². The summed E-state index contributed by atoms with van der Waals surface area (Å²) in [6.45, 7) is 15.8. The van der Waals surface area contributed by atoms with Gasteiger partial charge in [-0.15, -0.1) is 0 Å². The molecule has 0 aromatic heterocycles. The Morgan fingerprint density at radius 2 is 0.580 bits per heavy atom. The van der Waals surface area contributed by atoms with Gasteiger partial charge in [-0.3, -0.25) is 0 Å². The topological polar surface area (TPSA) is 170 Å². The van der Waals surface area contributed by atoms with Crippen LogP contribution in [0, 0.1) is 22.7 Å². The Morgan fingerprint density at radius 3 is 0.780 bits per heavy atom. The molecular formula is C75H81Cl9N6O8S2. The van der Waals surface area contributed by atoms with Crippen LogP contribution in [-0.4, -0.2) is 62.1 Å². The highest BCUT2D eigenvalue weighted by Gasteiger charge is 2.42. The molecule has 100 heavy (non-hydrogen) atoms. The maximum absolute atomic E-state index is 7.32. The van der Waals surface area contributed by atoms with E-state index in [1.54, 1.807) is 12.1 Å². The zero-order valence-electron chi connectivity index (χ0n) is 56.4. The number of nitrogens with zero attached hydrogens (tertiary/aromatic N) is 2. The minimum absolute atomic E-state index is 0.0301.